The highest BCUT2D eigenvalue weighted by Crippen LogP contribution is 2.29. The second-order valence-electron chi connectivity index (χ2n) is 6.78. The summed E-state index contributed by atoms with van der Waals surface area (Å²) >= 11 is 7.26. The van der Waals surface area contributed by atoms with Crippen molar-refractivity contribution in [3.8, 4) is 11.5 Å². The lowest BCUT2D eigenvalue weighted by Crippen LogP contribution is -2.15. The Morgan fingerprint density at radius 1 is 0.875 bits per heavy atom. The van der Waals surface area contributed by atoms with Crippen LogP contribution in [0.1, 0.15) is 5.56 Å². The van der Waals surface area contributed by atoms with Crippen LogP contribution in [0.4, 0.5) is 11.4 Å². The van der Waals surface area contributed by atoms with Crippen LogP contribution in [0.25, 0.3) is 0 Å². The van der Waals surface area contributed by atoms with Gasteiger partial charge >= 0.3 is 0 Å². The lowest BCUT2D eigenvalue weighted by molar-refractivity contribution is -0.115. The smallest absolute Gasteiger partial charge is 0.234 e. The predicted octanol–water partition coefficient (Wildman–Crippen LogP) is 5.27. The van der Waals surface area contributed by atoms with Crippen LogP contribution in [0, 0.1) is 0 Å². The van der Waals surface area contributed by atoms with Crippen LogP contribution < -0.4 is 20.1 Å². The standard InChI is InChI=1S/C24H23ClN2O4S/c1-30-19-9-12-22(31-2)21(14-19)27-24(29)15-32-20-10-7-18(8-11-20)26-23(28)13-16-3-5-17(25)6-4-16/h3-12,14H,13,15H2,1-2H3,(H,26,28)(H,27,29). The van der Waals surface area contributed by atoms with E-state index in [9.17, 15) is 9.59 Å². The van der Waals surface area contributed by atoms with Crippen molar-refractivity contribution in [3.05, 3.63) is 77.3 Å². The van der Waals surface area contributed by atoms with Crippen molar-refractivity contribution < 1.29 is 19.1 Å². The molecule has 3 aromatic rings. The van der Waals surface area contributed by atoms with Crippen LogP contribution in [-0.2, 0) is 16.0 Å². The summed E-state index contributed by atoms with van der Waals surface area (Å²) in [6.45, 7) is 0. The van der Waals surface area contributed by atoms with Gasteiger partial charge in [0.2, 0.25) is 11.8 Å². The molecule has 0 radical (unpaired) electrons. The maximum Gasteiger partial charge on any atom is 0.234 e. The molecule has 6 nitrogen and oxygen atoms in total. The maximum atomic E-state index is 12.4. The summed E-state index contributed by atoms with van der Waals surface area (Å²) in [6, 6.07) is 19.7. The van der Waals surface area contributed by atoms with E-state index in [0.29, 0.717) is 27.9 Å². The zero-order valence-corrected chi connectivity index (χ0v) is 19.3. The van der Waals surface area contributed by atoms with Crippen molar-refractivity contribution in [1.29, 1.82) is 0 Å². The van der Waals surface area contributed by atoms with Gasteiger partial charge in [-0.05, 0) is 54.1 Å². The number of hydrogen-bond donors (Lipinski definition) is 2. The maximum absolute atomic E-state index is 12.4. The number of ether oxygens (including phenoxy) is 2. The van der Waals surface area contributed by atoms with E-state index >= 15 is 0 Å². The summed E-state index contributed by atoms with van der Waals surface area (Å²) in [4.78, 5) is 25.5. The van der Waals surface area contributed by atoms with Gasteiger partial charge < -0.3 is 20.1 Å². The third-order valence-corrected chi connectivity index (χ3v) is 5.73. The molecule has 32 heavy (non-hydrogen) atoms. The van der Waals surface area contributed by atoms with E-state index < -0.39 is 0 Å². The number of benzene rings is 3. The summed E-state index contributed by atoms with van der Waals surface area (Å²) in [6.07, 6.45) is 0.265. The van der Waals surface area contributed by atoms with Crippen LogP contribution in [-0.4, -0.2) is 31.8 Å². The minimum atomic E-state index is -0.165. The first-order valence-electron chi connectivity index (χ1n) is 9.76. The highest BCUT2D eigenvalue weighted by atomic mass is 35.5. The Labute approximate surface area is 196 Å². The summed E-state index contributed by atoms with van der Waals surface area (Å²) in [5, 5.41) is 6.35. The lowest BCUT2D eigenvalue weighted by atomic mass is 10.1. The molecule has 0 bridgehead atoms. The molecule has 3 rings (SSSR count). The number of halogens is 1. The Hall–Kier alpha value is -3.16. The van der Waals surface area contributed by atoms with Crippen LogP contribution in [0.2, 0.25) is 5.02 Å². The summed E-state index contributed by atoms with van der Waals surface area (Å²) in [7, 11) is 3.11. The molecule has 166 valence electrons. The number of amides is 2. The van der Waals surface area contributed by atoms with Crippen LogP contribution in [0.15, 0.2) is 71.6 Å². The number of thioether (sulfide) groups is 1. The van der Waals surface area contributed by atoms with Gasteiger partial charge in [-0.25, -0.2) is 0 Å². The molecule has 0 fully saturated rings. The van der Waals surface area contributed by atoms with Gasteiger partial charge in [0.25, 0.3) is 0 Å². The summed E-state index contributed by atoms with van der Waals surface area (Å²) in [5.41, 5.74) is 2.13. The molecule has 0 aromatic heterocycles. The van der Waals surface area contributed by atoms with Gasteiger partial charge in [-0.15, -0.1) is 11.8 Å². The van der Waals surface area contributed by atoms with Gasteiger partial charge in [0.1, 0.15) is 11.5 Å². The Bertz CT molecular complexity index is 1070. The average molecular weight is 471 g/mol. The molecule has 0 saturated carbocycles. The highest BCUT2D eigenvalue weighted by Gasteiger charge is 2.10. The molecule has 0 saturated heterocycles. The summed E-state index contributed by atoms with van der Waals surface area (Å²) in [5.74, 6) is 1.13. The summed E-state index contributed by atoms with van der Waals surface area (Å²) < 4.78 is 10.5. The van der Waals surface area contributed by atoms with E-state index in [4.69, 9.17) is 21.1 Å². The number of carbonyl (C=O) groups excluding carboxylic acids is 2. The third kappa shape index (κ3) is 6.93. The monoisotopic (exact) mass is 470 g/mol. The van der Waals surface area contributed by atoms with Crippen molar-refractivity contribution in [2.75, 3.05) is 30.6 Å². The van der Waals surface area contributed by atoms with Crippen molar-refractivity contribution in [2.24, 2.45) is 0 Å². The molecular weight excluding hydrogens is 448 g/mol. The highest BCUT2D eigenvalue weighted by molar-refractivity contribution is 8.00. The van der Waals surface area contributed by atoms with Crippen LogP contribution in [0.5, 0.6) is 11.5 Å². The average Bonchev–Trinajstić information content (AvgIpc) is 2.80. The third-order valence-electron chi connectivity index (χ3n) is 4.47. The fourth-order valence-electron chi connectivity index (χ4n) is 2.87. The number of rotatable bonds is 9. The molecule has 0 aliphatic heterocycles. The Balaban J connectivity index is 1.49. The first-order chi connectivity index (χ1) is 15.5. The minimum absolute atomic E-state index is 0.112. The molecule has 2 N–H and O–H groups in total. The number of nitrogens with one attached hydrogen (secondary N) is 2. The predicted molar refractivity (Wildman–Crippen MR) is 129 cm³/mol. The molecule has 0 unspecified atom stereocenters. The molecule has 8 heteroatoms. The van der Waals surface area contributed by atoms with Gasteiger partial charge in [0, 0.05) is 21.7 Å². The number of carbonyl (C=O) groups is 2. The van der Waals surface area contributed by atoms with Gasteiger partial charge in [-0.3, -0.25) is 9.59 Å². The largest absolute Gasteiger partial charge is 0.497 e. The van der Waals surface area contributed by atoms with Gasteiger partial charge in [-0.2, -0.15) is 0 Å². The second kappa shape index (κ2) is 11.5. The number of anilines is 2. The molecule has 2 amide bonds. The van der Waals surface area contributed by atoms with Gasteiger partial charge in [0.15, 0.2) is 0 Å². The fourth-order valence-corrected chi connectivity index (χ4v) is 3.70. The molecule has 0 spiro atoms. The Kier molecular flexibility index (Phi) is 8.41. The molecule has 0 aliphatic carbocycles. The fraction of sp³-hybridized carbons (Fsp3) is 0.167. The number of methoxy groups -OCH3 is 2. The van der Waals surface area contributed by atoms with E-state index in [1.54, 1.807) is 44.6 Å². The minimum Gasteiger partial charge on any atom is -0.497 e. The van der Waals surface area contributed by atoms with E-state index in [1.807, 2.05) is 36.4 Å². The van der Waals surface area contributed by atoms with Crippen molar-refractivity contribution >= 4 is 46.6 Å². The normalized spacial score (nSPS) is 10.3. The van der Waals surface area contributed by atoms with Crippen LogP contribution >= 0.6 is 23.4 Å². The SMILES string of the molecule is COc1ccc(OC)c(NC(=O)CSc2ccc(NC(=O)Cc3ccc(Cl)cc3)cc2)c1. The topological polar surface area (TPSA) is 76.7 Å². The first kappa shape index (κ1) is 23.5. The second-order valence-corrected chi connectivity index (χ2v) is 8.26. The first-order valence-corrected chi connectivity index (χ1v) is 11.1. The molecule has 3 aromatic carbocycles. The zero-order valence-electron chi connectivity index (χ0n) is 17.7. The molecule has 0 atom stereocenters. The van der Waals surface area contributed by atoms with Crippen LogP contribution in [0.3, 0.4) is 0 Å². The van der Waals surface area contributed by atoms with Crippen molar-refractivity contribution in [2.45, 2.75) is 11.3 Å². The molecule has 0 heterocycles. The Morgan fingerprint density at radius 2 is 1.59 bits per heavy atom. The lowest BCUT2D eigenvalue weighted by Gasteiger charge is -2.12. The van der Waals surface area contributed by atoms with Crippen molar-refractivity contribution in [3.63, 3.8) is 0 Å². The van der Waals surface area contributed by atoms with Gasteiger partial charge in [-0.1, -0.05) is 23.7 Å². The number of hydrogen-bond acceptors (Lipinski definition) is 5. The quantitative estimate of drug-likeness (QED) is 0.417. The van der Waals surface area contributed by atoms with E-state index in [2.05, 4.69) is 10.6 Å². The molecule has 0 aliphatic rings. The van der Waals surface area contributed by atoms with Gasteiger partial charge in [0.05, 0.1) is 32.1 Å². The zero-order chi connectivity index (χ0) is 22.9. The van der Waals surface area contributed by atoms with E-state index in [1.165, 1.54) is 11.8 Å². The molecular formula is C24H23ClN2O4S. The van der Waals surface area contributed by atoms with E-state index in [-0.39, 0.29) is 24.0 Å². The van der Waals surface area contributed by atoms with E-state index in [0.717, 1.165) is 10.5 Å². The Morgan fingerprint density at radius 3 is 2.25 bits per heavy atom. The van der Waals surface area contributed by atoms with Crippen molar-refractivity contribution in [1.82, 2.24) is 0 Å².